The van der Waals surface area contributed by atoms with Gasteiger partial charge in [-0.2, -0.15) is 0 Å². The monoisotopic (exact) mass is 357 g/mol. The number of benzene rings is 2. The number of methoxy groups -OCH3 is 3. The summed E-state index contributed by atoms with van der Waals surface area (Å²) < 4.78 is 15.3. The van der Waals surface area contributed by atoms with Crippen LogP contribution in [0.4, 0.5) is 0 Å². The van der Waals surface area contributed by atoms with Crippen LogP contribution in [0, 0.1) is 6.92 Å². The maximum Gasteiger partial charge on any atom is 0.307 e. The maximum absolute atomic E-state index is 12.8. The Morgan fingerprint density at radius 1 is 1.00 bits per heavy atom. The van der Waals surface area contributed by atoms with Crippen LogP contribution in [0.3, 0.4) is 0 Å². The van der Waals surface area contributed by atoms with Crippen LogP contribution in [0.15, 0.2) is 42.5 Å². The second kappa shape index (κ2) is 8.89. The molecule has 0 bridgehead atoms. The Kier molecular flexibility index (Phi) is 6.60. The van der Waals surface area contributed by atoms with Crippen LogP contribution >= 0.6 is 0 Å². The summed E-state index contributed by atoms with van der Waals surface area (Å²) in [5.74, 6) is 0.0249. The van der Waals surface area contributed by atoms with Gasteiger partial charge in [0.15, 0.2) is 11.5 Å². The summed E-state index contributed by atoms with van der Waals surface area (Å²) in [6.45, 7) is 1.97. The highest BCUT2D eigenvalue weighted by Crippen LogP contribution is 2.31. The van der Waals surface area contributed by atoms with Crippen molar-refractivity contribution in [2.24, 2.45) is 0 Å². The van der Waals surface area contributed by atoms with E-state index >= 15 is 0 Å². The Labute approximate surface area is 153 Å². The summed E-state index contributed by atoms with van der Waals surface area (Å²) in [5, 5.41) is 2.88. The molecule has 0 heterocycles. The second-order valence-corrected chi connectivity index (χ2v) is 5.76. The normalized spacial score (nSPS) is 11.4. The van der Waals surface area contributed by atoms with Gasteiger partial charge < -0.3 is 19.5 Å². The number of amides is 1. The van der Waals surface area contributed by atoms with E-state index in [4.69, 9.17) is 14.2 Å². The molecule has 1 unspecified atom stereocenters. The number of para-hydroxylation sites is 1. The first-order valence-electron chi connectivity index (χ1n) is 8.15. The predicted octanol–water partition coefficient (Wildman–Crippen LogP) is 3.05. The molecule has 1 N–H and O–H groups in total. The van der Waals surface area contributed by atoms with Crippen molar-refractivity contribution < 1.29 is 23.8 Å². The lowest BCUT2D eigenvalue weighted by atomic mass is 10.0. The smallest absolute Gasteiger partial charge is 0.307 e. The van der Waals surface area contributed by atoms with Crippen molar-refractivity contribution in [3.63, 3.8) is 0 Å². The van der Waals surface area contributed by atoms with E-state index in [1.807, 2.05) is 31.2 Å². The summed E-state index contributed by atoms with van der Waals surface area (Å²) in [5.41, 5.74) is 2.23. The van der Waals surface area contributed by atoms with E-state index in [2.05, 4.69) is 5.32 Å². The highest BCUT2D eigenvalue weighted by molar-refractivity contribution is 5.98. The zero-order chi connectivity index (χ0) is 19.1. The van der Waals surface area contributed by atoms with Crippen LogP contribution in [-0.2, 0) is 9.53 Å². The standard InChI is InChI=1S/C20H23NO5/c1-13-8-10-14(11-9-13)16(12-18(22)25-3)21-20(23)15-6-5-7-17(24-2)19(15)26-4/h5-11,16H,12H2,1-4H3,(H,21,23). The van der Waals surface area contributed by atoms with Crippen molar-refractivity contribution in [1.82, 2.24) is 5.32 Å². The minimum absolute atomic E-state index is 0.0254. The van der Waals surface area contributed by atoms with Crippen molar-refractivity contribution in [1.29, 1.82) is 0 Å². The van der Waals surface area contributed by atoms with Gasteiger partial charge in [0, 0.05) is 0 Å². The number of hydrogen-bond donors (Lipinski definition) is 1. The quantitative estimate of drug-likeness (QED) is 0.771. The van der Waals surface area contributed by atoms with Crippen LogP contribution in [0.1, 0.15) is 33.9 Å². The third kappa shape index (κ3) is 4.53. The molecule has 1 atom stereocenters. The number of aryl methyl sites for hydroxylation is 1. The van der Waals surface area contributed by atoms with E-state index in [0.717, 1.165) is 11.1 Å². The van der Waals surface area contributed by atoms with Gasteiger partial charge in [-0.25, -0.2) is 0 Å². The molecule has 6 nitrogen and oxygen atoms in total. The van der Waals surface area contributed by atoms with Crippen LogP contribution in [0.5, 0.6) is 11.5 Å². The largest absolute Gasteiger partial charge is 0.493 e. The van der Waals surface area contributed by atoms with Gasteiger partial charge in [0.1, 0.15) is 0 Å². The van der Waals surface area contributed by atoms with Gasteiger partial charge in [-0.3, -0.25) is 9.59 Å². The third-order valence-corrected chi connectivity index (χ3v) is 4.03. The van der Waals surface area contributed by atoms with Crippen molar-refractivity contribution in [3.8, 4) is 11.5 Å². The second-order valence-electron chi connectivity index (χ2n) is 5.76. The number of ether oxygens (including phenoxy) is 3. The lowest BCUT2D eigenvalue weighted by Crippen LogP contribution is -2.30. The first-order valence-corrected chi connectivity index (χ1v) is 8.15. The summed E-state index contributed by atoms with van der Waals surface area (Å²) in [6, 6.07) is 12.2. The first-order chi connectivity index (χ1) is 12.5. The zero-order valence-corrected chi connectivity index (χ0v) is 15.4. The molecule has 138 valence electrons. The van der Waals surface area contributed by atoms with E-state index in [-0.39, 0.29) is 12.3 Å². The Morgan fingerprint density at radius 2 is 1.69 bits per heavy atom. The highest BCUT2D eigenvalue weighted by atomic mass is 16.5. The molecule has 2 aromatic rings. The molecule has 0 saturated carbocycles. The van der Waals surface area contributed by atoms with Gasteiger partial charge in [0.05, 0.1) is 39.4 Å². The van der Waals surface area contributed by atoms with E-state index in [0.29, 0.717) is 17.1 Å². The molecule has 6 heteroatoms. The summed E-state index contributed by atoms with van der Waals surface area (Å²) in [4.78, 5) is 24.6. The lowest BCUT2D eigenvalue weighted by Gasteiger charge is -2.20. The van der Waals surface area contributed by atoms with Crippen molar-refractivity contribution in [2.45, 2.75) is 19.4 Å². The molecule has 0 fully saturated rings. The Bertz CT molecular complexity index is 770. The highest BCUT2D eigenvalue weighted by Gasteiger charge is 2.22. The molecular weight excluding hydrogens is 334 g/mol. The fourth-order valence-corrected chi connectivity index (χ4v) is 2.60. The minimum atomic E-state index is -0.522. The molecule has 0 spiro atoms. The first kappa shape index (κ1) is 19.3. The molecule has 2 rings (SSSR count). The lowest BCUT2D eigenvalue weighted by molar-refractivity contribution is -0.141. The zero-order valence-electron chi connectivity index (χ0n) is 15.4. The molecule has 2 aromatic carbocycles. The van der Waals surface area contributed by atoms with E-state index in [9.17, 15) is 9.59 Å². The SMILES string of the molecule is COC(=O)CC(NC(=O)c1cccc(OC)c1OC)c1ccc(C)cc1. The molecule has 26 heavy (non-hydrogen) atoms. The van der Waals surface area contributed by atoms with Gasteiger partial charge in [-0.05, 0) is 24.6 Å². The number of esters is 1. The predicted molar refractivity (Wildman–Crippen MR) is 97.6 cm³/mol. The molecule has 1 amide bonds. The Hall–Kier alpha value is -3.02. The number of rotatable bonds is 7. The molecule has 0 radical (unpaired) electrons. The van der Waals surface area contributed by atoms with Crippen LogP contribution in [-0.4, -0.2) is 33.2 Å². The summed E-state index contributed by atoms with van der Waals surface area (Å²) >= 11 is 0. The molecule has 0 aliphatic rings. The molecule has 0 aliphatic carbocycles. The third-order valence-electron chi connectivity index (χ3n) is 4.03. The Morgan fingerprint density at radius 3 is 2.27 bits per heavy atom. The average Bonchev–Trinajstić information content (AvgIpc) is 2.66. The minimum Gasteiger partial charge on any atom is -0.493 e. The fourth-order valence-electron chi connectivity index (χ4n) is 2.60. The van der Waals surface area contributed by atoms with Gasteiger partial charge >= 0.3 is 5.97 Å². The maximum atomic E-state index is 12.8. The number of nitrogens with one attached hydrogen (secondary N) is 1. The molecular formula is C20H23NO5. The summed E-state index contributed by atoms with van der Waals surface area (Å²) in [7, 11) is 4.30. The number of carbonyl (C=O) groups excluding carboxylic acids is 2. The fraction of sp³-hybridized carbons (Fsp3) is 0.300. The van der Waals surface area contributed by atoms with Gasteiger partial charge in [-0.1, -0.05) is 35.9 Å². The number of carbonyl (C=O) groups is 2. The molecule has 0 aliphatic heterocycles. The number of hydrogen-bond acceptors (Lipinski definition) is 5. The average molecular weight is 357 g/mol. The molecule has 0 aromatic heterocycles. The summed E-state index contributed by atoms with van der Waals surface area (Å²) in [6.07, 6.45) is 0.0254. The topological polar surface area (TPSA) is 73.9 Å². The van der Waals surface area contributed by atoms with Gasteiger partial charge in [-0.15, -0.1) is 0 Å². The van der Waals surface area contributed by atoms with Gasteiger partial charge in [0.25, 0.3) is 5.91 Å². The van der Waals surface area contributed by atoms with Crippen LogP contribution < -0.4 is 14.8 Å². The van der Waals surface area contributed by atoms with E-state index in [1.165, 1.54) is 21.3 Å². The van der Waals surface area contributed by atoms with Crippen LogP contribution in [0.25, 0.3) is 0 Å². The van der Waals surface area contributed by atoms with E-state index in [1.54, 1.807) is 18.2 Å². The van der Waals surface area contributed by atoms with Gasteiger partial charge in [0.2, 0.25) is 0 Å². The van der Waals surface area contributed by atoms with Crippen molar-refractivity contribution >= 4 is 11.9 Å². The van der Waals surface area contributed by atoms with E-state index < -0.39 is 12.0 Å². The Balaban J connectivity index is 2.31. The van der Waals surface area contributed by atoms with Crippen molar-refractivity contribution in [2.75, 3.05) is 21.3 Å². The van der Waals surface area contributed by atoms with Crippen molar-refractivity contribution in [3.05, 3.63) is 59.2 Å². The molecule has 0 saturated heterocycles. The van der Waals surface area contributed by atoms with Crippen LogP contribution in [0.2, 0.25) is 0 Å².